The van der Waals surface area contributed by atoms with Crippen molar-refractivity contribution in [3.8, 4) is 0 Å². The zero-order valence-electron chi connectivity index (χ0n) is 10.9. The van der Waals surface area contributed by atoms with Gasteiger partial charge in [0.05, 0.1) is 6.61 Å². The predicted octanol–water partition coefficient (Wildman–Crippen LogP) is 1.92. The summed E-state index contributed by atoms with van der Waals surface area (Å²) in [6.07, 6.45) is 3.31. The van der Waals surface area contributed by atoms with Gasteiger partial charge in [-0.2, -0.15) is 0 Å². The van der Waals surface area contributed by atoms with E-state index in [1.54, 1.807) is 0 Å². The minimum absolute atomic E-state index is 0.175. The second-order valence-electron chi connectivity index (χ2n) is 3.09. The Morgan fingerprint density at radius 1 is 0.941 bits per heavy atom. The molecule has 2 N–H and O–H groups in total. The van der Waals surface area contributed by atoms with Crippen molar-refractivity contribution in [1.29, 1.82) is 0 Å². The molecule has 0 amide bonds. The van der Waals surface area contributed by atoms with E-state index < -0.39 is 11.9 Å². The van der Waals surface area contributed by atoms with Crippen molar-refractivity contribution < 1.29 is 29.3 Å². The lowest BCUT2D eigenvalue weighted by atomic mass is 10.3. The van der Waals surface area contributed by atoms with E-state index in [1.165, 1.54) is 13.3 Å². The molecule has 0 fully saturated rings. The number of carboxylic acid groups (broad SMARTS) is 2. The number of carboxylic acids is 2. The summed E-state index contributed by atoms with van der Waals surface area (Å²) in [5.74, 6) is -1.84. The third-order valence-electron chi connectivity index (χ3n) is 1.05. The first-order valence-corrected chi connectivity index (χ1v) is 5.26. The Balaban J connectivity index is -0.000000205. The van der Waals surface area contributed by atoms with Gasteiger partial charge in [-0.15, -0.1) is 0 Å². The number of ether oxygens (including phenoxy) is 1. The van der Waals surface area contributed by atoms with Gasteiger partial charge >= 0.3 is 5.97 Å². The zero-order valence-corrected chi connectivity index (χ0v) is 10.9. The van der Waals surface area contributed by atoms with Crippen LogP contribution in [0.15, 0.2) is 0 Å². The van der Waals surface area contributed by atoms with Crippen molar-refractivity contribution in [2.24, 2.45) is 0 Å². The third-order valence-corrected chi connectivity index (χ3v) is 1.05. The molecule has 102 valence electrons. The van der Waals surface area contributed by atoms with Crippen LogP contribution in [0.4, 0.5) is 0 Å². The lowest BCUT2D eigenvalue weighted by Crippen LogP contribution is -1.99. The molecule has 0 saturated heterocycles. The van der Waals surface area contributed by atoms with Crippen LogP contribution in [0.5, 0.6) is 0 Å². The van der Waals surface area contributed by atoms with E-state index in [2.05, 4.69) is 6.92 Å². The summed E-state index contributed by atoms with van der Waals surface area (Å²) in [7, 11) is 0. The Kier molecular flexibility index (Phi) is 20.6. The van der Waals surface area contributed by atoms with Gasteiger partial charge < -0.3 is 14.9 Å². The molecule has 0 spiro atoms. The molecule has 6 heteroatoms. The summed E-state index contributed by atoms with van der Waals surface area (Å²) in [5, 5.41) is 14.8. The highest BCUT2D eigenvalue weighted by Crippen LogP contribution is 1.93. The zero-order chi connectivity index (χ0) is 14.3. The van der Waals surface area contributed by atoms with Crippen LogP contribution in [0.1, 0.15) is 47.0 Å². The van der Waals surface area contributed by atoms with Crippen LogP contribution in [0.2, 0.25) is 0 Å². The highest BCUT2D eigenvalue weighted by atomic mass is 16.5. The average Bonchev–Trinajstić information content (AvgIpc) is 2.10. The largest absolute Gasteiger partial charge is 0.481 e. The lowest BCUT2D eigenvalue weighted by Gasteiger charge is -1.98. The summed E-state index contributed by atoms with van der Waals surface area (Å²) >= 11 is 0. The number of aliphatic carboxylic acids is 2. The Morgan fingerprint density at radius 2 is 1.29 bits per heavy atom. The van der Waals surface area contributed by atoms with E-state index in [1.807, 2.05) is 0 Å². The molecule has 0 rings (SSSR count). The summed E-state index contributed by atoms with van der Waals surface area (Å²) in [6.45, 7) is 6.31. The number of rotatable bonds is 4. The first-order chi connectivity index (χ1) is 7.73. The first-order valence-electron chi connectivity index (χ1n) is 5.26. The van der Waals surface area contributed by atoms with Crippen molar-refractivity contribution in [3.05, 3.63) is 0 Å². The lowest BCUT2D eigenvalue weighted by molar-refractivity contribution is -0.141. The van der Waals surface area contributed by atoms with Gasteiger partial charge in [-0.1, -0.05) is 19.8 Å². The van der Waals surface area contributed by atoms with Gasteiger partial charge in [0.1, 0.15) is 0 Å². The molecular weight excluding hydrogens is 228 g/mol. The van der Waals surface area contributed by atoms with Gasteiger partial charge in [0, 0.05) is 20.8 Å². The topological polar surface area (TPSA) is 101 Å². The van der Waals surface area contributed by atoms with E-state index in [4.69, 9.17) is 24.5 Å². The van der Waals surface area contributed by atoms with E-state index in [0.717, 1.165) is 26.7 Å². The molecule has 0 atom stereocenters. The number of esters is 1. The average molecular weight is 250 g/mol. The van der Waals surface area contributed by atoms with Crippen LogP contribution < -0.4 is 0 Å². The van der Waals surface area contributed by atoms with Crippen LogP contribution in [-0.2, 0) is 19.1 Å². The summed E-state index contributed by atoms with van der Waals surface area (Å²) in [4.78, 5) is 28.2. The Hall–Kier alpha value is -1.59. The van der Waals surface area contributed by atoms with Crippen molar-refractivity contribution in [2.75, 3.05) is 6.61 Å². The molecule has 0 aromatic heterocycles. The van der Waals surface area contributed by atoms with Crippen molar-refractivity contribution >= 4 is 17.9 Å². The number of hydrogen-bond acceptors (Lipinski definition) is 4. The van der Waals surface area contributed by atoms with Crippen LogP contribution in [0.25, 0.3) is 0 Å². The molecule has 0 saturated carbocycles. The molecule has 17 heavy (non-hydrogen) atoms. The minimum Gasteiger partial charge on any atom is -0.481 e. The summed E-state index contributed by atoms with van der Waals surface area (Å²) < 4.78 is 4.70. The second kappa shape index (κ2) is 16.8. The second-order valence-corrected chi connectivity index (χ2v) is 3.09. The number of carbonyl (C=O) groups excluding carboxylic acids is 1. The van der Waals surface area contributed by atoms with Crippen LogP contribution >= 0.6 is 0 Å². The maximum absolute atomic E-state index is 10.2. The molecule has 0 aliphatic carbocycles. The molecular formula is C11H22O6. The molecule has 0 aromatic rings. The van der Waals surface area contributed by atoms with Crippen LogP contribution in [0.3, 0.4) is 0 Å². The summed E-state index contributed by atoms with van der Waals surface area (Å²) in [5.41, 5.74) is 0. The first kappa shape index (κ1) is 20.8. The fourth-order valence-electron chi connectivity index (χ4n) is 0.568. The van der Waals surface area contributed by atoms with E-state index in [9.17, 15) is 4.79 Å². The molecule has 0 aromatic carbocycles. The molecule has 0 radical (unpaired) electrons. The Bertz CT molecular complexity index is 192. The standard InChI is InChI=1S/C7H14O2.2C2H4O2/c1-3-4-5-6-9-7(2)8;2*1-2(3)4/h3-6H2,1-2H3;2*1H3,(H,3,4). The third kappa shape index (κ3) is 114. The number of carbonyl (C=O) groups is 3. The summed E-state index contributed by atoms with van der Waals surface area (Å²) in [6, 6.07) is 0. The van der Waals surface area contributed by atoms with Gasteiger partial charge in [0.2, 0.25) is 0 Å². The molecule has 6 nitrogen and oxygen atoms in total. The molecule has 0 heterocycles. The fourth-order valence-corrected chi connectivity index (χ4v) is 0.568. The predicted molar refractivity (Wildman–Crippen MR) is 62.8 cm³/mol. The minimum atomic E-state index is -0.833. The maximum atomic E-state index is 10.2. The van der Waals surface area contributed by atoms with E-state index >= 15 is 0 Å². The van der Waals surface area contributed by atoms with Crippen LogP contribution in [0, 0.1) is 0 Å². The quantitative estimate of drug-likeness (QED) is 0.584. The number of hydrogen-bond donors (Lipinski definition) is 2. The Labute approximate surface area is 102 Å². The molecule has 0 unspecified atom stereocenters. The smallest absolute Gasteiger partial charge is 0.302 e. The van der Waals surface area contributed by atoms with Gasteiger partial charge in [0.15, 0.2) is 0 Å². The van der Waals surface area contributed by atoms with E-state index in [0.29, 0.717) is 6.61 Å². The van der Waals surface area contributed by atoms with Gasteiger partial charge in [-0.05, 0) is 6.42 Å². The maximum Gasteiger partial charge on any atom is 0.302 e. The normalized spacial score (nSPS) is 7.76. The Morgan fingerprint density at radius 3 is 1.53 bits per heavy atom. The van der Waals surface area contributed by atoms with E-state index in [-0.39, 0.29) is 5.97 Å². The highest BCUT2D eigenvalue weighted by Gasteiger charge is 1.89. The van der Waals surface area contributed by atoms with Crippen molar-refractivity contribution in [3.63, 3.8) is 0 Å². The number of unbranched alkanes of at least 4 members (excludes halogenated alkanes) is 2. The molecule has 0 aliphatic rings. The molecule has 0 aliphatic heterocycles. The SMILES string of the molecule is CC(=O)O.CC(=O)O.CCCCCOC(C)=O. The monoisotopic (exact) mass is 250 g/mol. The van der Waals surface area contributed by atoms with Crippen LogP contribution in [-0.4, -0.2) is 34.7 Å². The fraction of sp³-hybridized carbons (Fsp3) is 0.727. The highest BCUT2D eigenvalue weighted by molar-refractivity contribution is 5.65. The van der Waals surface area contributed by atoms with Crippen molar-refractivity contribution in [2.45, 2.75) is 47.0 Å². The van der Waals surface area contributed by atoms with Gasteiger partial charge in [0.25, 0.3) is 11.9 Å². The van der Waals surface area contributed by atoms with Gasteiger partial charge in [-0.3, -0.25) is 14.4 Å². The van der Waals surface area contributed by atoms with Gasteiger partial charge in [-0.25, -0.2) is 0 Å². The van der Waals surface area contributed by atoms with Crippen molar-refractivity contribution in [1.82, 2.24) is 0 Å². The molecule has 0 bridgehead atoms.